The summed E-state index contributed by atoms with van der Waals surface area (Å²) in [6.07, 6.45) is 3.48. The summed E-state index contributed by atoms with van der Waals surface area (Å²) in [5.74, 6) is 0.839. The maximum atomic E-state index is 12.5. The Morgan fingerprint density at radius 2 is 1.85 bits per heavy atom. The molecule has 26 heavy (non-hydrogen) atoms. The van der Waals surface area contributed by atoms with Gasteiger partial charge in [-0.05, 0) is 24.6 Å². The zero-order valence-corrected chi connectivity index (χ0v) is 15.5. The van der Waals surface area contributed by atoms with Crippen molar-refractivity contribution in [1.29, 1.82) is 0 Å². The van der Waals surface area contributed by atoms with Crippen LogP contribution in [0.3, 0.4) is 0 Å². The van der Waals surface area contributed by atoms with E-state index in [1.807, 2.05) is 35.2 Å². The molecule has 0 saturated carbocycles. The number of rotatable bonds is 5. The average Bonchev–Trinajstić information content (AvgIpc) is 2.67. The first-order valence-corrected chi connectivity index (χ1v) is 9.03. The lowest BCUT2D eigenvalue weighted by Gasteiger charge is -2.34. The van der Waals surface area contributed by atoms with Crippen LogP contribution in [0.25, 0.3) is 6.08 Å². The van der Waals surface area contributed by atoms with E-state index >= 15 is 0 Å². The van der Waals surface area contributed by atoms with E-state index in [4.69, 9.17) is 4.74 Å². The smallest absolute Gasteiger partial charge is 0.246 e. The van der Waals surface area contributed by atoms with Gasteiger partial charge in [-0.15, -0.1) is 0 Å². The minimum absolute atomic E-state index is 0.0612. The molecule has 1 aliphatic heterocycles. The number of para-hydroxylation sites is 1. The van der Waals surface area contributed by atoms with E-state index < -0.39 is 0 Å². The Kier molecular flexibility index (Phi) is 6.08. The zero-order chi connectivity index (χ0) is 18.4. The third kappa shape index (κ3) is 4.73. The van der Waals surface area contributed by atoms with Gasteiger partial charge in [-0.25, -0.2) is 0 Å². The molecule has 0 bridgehead atoms. The zero-order valence-electron chi connectivity index (χ0n) is 15.5. The third-order valence-electron chi connectivity index (χ3n) is 4.72. The Bertz CT molecular complexity index is 777. The summed E-state index contributed by atoms with van der Waals surface area (Å²) in [4.78, 5) is 16.8. The first-order valence-electron chi connectivity index (χ1n) is 9.03. The number of carbonyl (C=O) groups excluding carboxylic acids is 1. The normalized spacial score (nSPS) is 15.4. The number of amides is 1. The van der Waals surface area contributed by atoms with Gasteiger partial charge in [0.1, 0.15) is 5.75 Å². The number of carbonyl (C=O) groups is 1. The lowest BCUT2D eigenvalue weighted by atomic mass is 10.1. The van der Waals surface area contributed by atoms with Crippen molar-refractivity contribution in [2.24, 2.45) is 0 Å². The highest BCUT2D eigenvalue weighted by atomic mass is 16.5. The van der Waals surface area contributed by atoms with Crippen molar-refractivity contribution < 1.29 is 9.53 Å². The van der Waals surface area contributed by atoms with Crippen molar-refractivity contribution in [3.8, 4) is 5.75 Å². The van der Waals surface area contributed by atoms with Crippen molar-refractivity contribution >= 4 is 12.0 Å². The summed E-state index contributed by atoms with van der Waals surface area (Å²) in [5, 5.41) is 0. The van der Waals surface area contributed by atoms with E-state index in [1.165, 1.54) is 11.1 Å². The topological polar surface area (TPSA) is 32.8 Å². The molecule has 4 heteroatoms. The standard InChI is InChI=1S/C22H26N2O2/c1-18-6-5-7-19(16-18)17-23-12-14-24(15-13-23)22(25)11-10-20-8-3-4-9-21(20)26-2/h3-11,16H,12-15,17H2,1-2H3/b11-10+. The highest BCUT2D eigenvalue weighted by Gasteiger charge is 2.19. The fourth-order valence-electron chi connectivity index (χ4n) is 3.27. The van der Waals surface area contributed by atoms with E-state index in [9.17, 15) is 4.79 Å². The second-order valence-electron chi connectivity index (χ2n) is 6.67. The van der Waals surface area contributed by atoms with Gasteiger partial charge in [0.15, 0.2) is 0 Å². The van der Waals surface area contributed by atoms with Gasteiger partial charge in [0.2, 0.25) is 5.91 Å². The van der Waals surface area contributed by atoms with Gasteiger partial charge < -0.3 is 9.64 Å². The monoisotopic (exact) mass is 350 g/mol. The minimum atomic E-state index is 0.0612. The predicted octanol–water partition coefficient (Wildman–Crippen LogP) is 3.36. The molecule has 136 valence electrons. The van der Waals surface area contributed by atoms with Gasteiger partial charge in [0, 0.05) is 44.4 Å². The summed E-state index contributed by atoms with van der Waals surface area (Å²) < 4.78 is 5.32. The van der Waals surface area contributed by atoms with Gasteiger partial charge >= 0.3 is 0 Å². The maximum absolute atomic E-state index is 12.5. The van der Waals surface area contributed by atoms with Crippen LogP contribution in [0.1, 0.15) is 16.7 Å². The Labute approximate surface area is 155 Å². The number of ether oxygens (including phenoxy) is 1. The summed E-state index contributed by atoms with van der Waals surface area (Å²) in [6.45, 7) is 6.40. The molecule has 1 aliphatic rings. The lowest BCUT2D eigenvalue weighted by Crippen LogP contribution is -2.47. The largest absolute Gasteiger partial charge is 0.496 e. The Morgan fingerprint density at radius 3 is 2.58 bits per heavy atom. The molecule has 2 aromatic carbocycles. The number of piperazine rings is 1. The lowest BCUT2D eigenvalue weighted by molar-refractivity contribution is -0.127. The summed E-state index contributed by atoms with van der Waals surface area (Å²) in [6, 6.07) is 16.3. The van der Waals surface area contributed by atoms with Crippen LogP contribution in [0.15, 0.2) is 54.6 Å². The molecule has 0 radical (unpaired) electrons. The molecule has 2 aromatic rings. The van der Waals surface area contributed by atoms with Crippen LogP contribution in [-0.2, 0) is 11.3 Å². The summed E-state index contributed by atoms with van der Waals surface area (Å²) in [7, 11) is 1.64. The number of nitrogens with zero attached hydrogens (tertiary/aromatic N) is 2. The van der Waals surface area contributed by atoms with E-state index in [1.54, 1.807) is 13.2 Å². The number of methoxy groups -OCH3 is 1. The minimum Gasteiger partial charge on any atom is -0.496 e. The number of hydrogen-bond acceptors (Lipinski definition) is 3. The first-order chi connectivity index (χ1) is 12.7. The van der Waals surface area contributed by atoms with Gasteiger partial charge in [-0.1, -0.05) is 48.0 Å². The molecule has 0 unspecified atom stereocenters. The predicted molar refractivity (Wildman–Crippen MR) is 105 cm³/mol. The maximum Gasteiger partial charge on any atom is 0.246 e. The third-order valence-corrected chi connectivity index (χ3v) is 4.72. The molecule has 0 atom stereocenters. The van der Waals surface area contributed by atoms with Crippen molar-refractivity contribution in [2.75, 3.05) is 33.3 Å². The number of hydrogen-bond donors (Lipinski definition) is 0. The van der Waals surface area contributed by atoms with E-state index in [-0.39, 0.29) is 5.91 Å². The number of aryl methyl sites for hydroxylation is 1. The Balaban J connectivity index is 1.52. The van der Waals surface area contributed by atoms with Gasteiger partial charge in [-0.2, -0.15) is 0 Å². The van der Waals surface area contributed by atoms with Crippen LogP contribution in [0.4, 0.5) is 0 Å². The molecule has 3 rings (SSSR count). The molecule has 0 spiro atoms. The highest BCUT2D eigenvalue weighted by molar-refractivity contribution is 5.92. The molecular weight excluding hydrogens is 324 g/mol. The second-order valence-corrected chi connectivity index (χ2v) is 6.67. The molecule has 0 N–H and O–H groups in total. The van der Waals surface area contributed by atoms with Crippen molar-refractivity contribution in [1.82, 2.24) is 9.80 Å². The summed E-state index contributed by atoms with van der Waals surface area (Å²) >= 11 is 0. The summed E-state index contributed by atoms with van der Waals surface area (Å²) in [5.41, 5.74) is 3.54. The molecule has 1 fully saturated rings. The second kappa shape index (κ2) is 8.68. The molecule has 1 saturated heterocycles. The SMILES string of the molecule is COc1ccccc1/C=C/C(=O)N1CCN(Cc2cccc(C)c2)CC1. The van der Waals surface area contributed by atoms with Crippen LogP contribution < -0.4 is 4.74 Å². The van der Waals surface area contributed by atoms with Crippen molar-refractivity contribution in [3.63, 3.8) is 0 Å². The van der Waals surface area contributed by atoms with Gasteiger partial charge in [-0.3, -0.25) is 9.69 Å². The van der Waals surface area contributed by atoms with E-state index in [0.29, 0.717) is 0 Å². The molecule has 1 heterocycles. The van der Waals surface area contributed by atoms with E-state index in [0.717, 1.165) is 44.0 Å². The molecule has 4 nitrogen and oxygen atoms in total. The fraction of sp³-hybridized carbons (Fsp3) is 0.318. The molecule has 0 aliphatic carbocycles. The molecule has 1 amide bonds. The van der Waals surface area contributed by atoms with Crippen LogP contribution in [0, 0.1) is 6.92 Å². The van der Waals surface area contributed by atoms with Crippen LogP contribution in [0.2, 0.25) is 0 Å². The average molecular weight is 350 g/mol. The van der Waals surface area contributed by atoms with Gasteiger partial charge in [0.05, 0.1) is 7.11 Å². The fourth-order valence-corrected chi connectivity index (χ4v) is 3.27. The van der Waals surface area contributed by atoms with Crippen molar-refractivity contribution in [3.05, 3.63) is 71.3 Å². The highest BCUT2D eigenvalue weighted by Crippen LogP contribution is 2.19. The van der Waals surface area contributed by atoms with Gasteiger partial charge in [0.25, 0.3) is 0 Å². The van der Waals surface area contributed by atoms with Crippen molar-refractivity contribution in [2.45, 2.75) is 13.5 Å². The Morgan fingerprint density at radius 1 is 1.08 bits per heavy atom. The molecular formula is C22H26N2O2. The van der Waals surface area contributed by atoms with Crippen LogP contribution in [-0.4, -0.2) is 49.0 Å². The van der Waals surface area contributed by atoms with Crippen LogP contribution >= 0.6 is 0 Å². The number of benzene rings is 2. The van der Waals surface area contributed by atoms with E-state index in [2.05, 4.69) is 36.1 Å². The first kappa shape index (κ1) is 18.2. The quantitative estimate of drug-likeness (QED) is 0.775. The Hall–Kier alpha value is -2.59. The van der Waals surface area contributed by atoms with Crippen LogP contribution in [0.5, 0.6) is 5.75 Å². The molecule has 0 aromatic heterocycles.